The highest BCUT2D eigenvalue weighted by molar-refractivity contribution is 5.84. The van der Waals surface area contributed by atoms with Crippen molar-refractivity contribution in [3.8, 4) is 34.0 Å². The minimum Gasteiger partial charge on any atom is -0.497 e. The van der Waals surface area contributed by atoms with Gasteiger partial charge in [-0.05, 0) is 60.7 Å². The van der Waals surface area contributed by atoms with Gasteiger partial charge < -0.3 is 9.47 Å². The third-order valence-corrected chi connectivity index (χ3v) is 5.12. The summed E-state index contributed by atoms with van der Waals surface area (Å²) in [5.41, 5.74) is 3.56. The first-order valence-corrected chi connectivity index (χ1v) is 9.45. The molecule has 0 saturated heterocycles. The minimum atomic E-state index is -0.416. The van der Waals surface area contributed by atoms with E-state index in [1.807, 2.05) is 48.5 Å². The third-order valence-electron chi connectivity index (χ3n) is 5.12. The van der Waals surface area contributed by atoms with E-state index in [1.165, 1.54) is 0 Å². The summed E-state index contributed by atoms with van der Waals surface area (Å²) in [5, 5.41) is 0. The van der Waals surface area contributed by atoms with Gasteiger partial charge in [-0.1, -0.05) is 12.1 Å². The summed E-state index contributed by atoms with van der Waals surface area (Å²) in [4.78, 5) is 9.20. The Bertz CT molecular complexity index is 1360. The van der Waals surface area contributed by atoms with Crippen LogP contribution in [0.5, 0.6) is 11.5 Å². The lowest BCUT2D eigenvalue weighted by atomic mass is 10.1. The predicted molar refractivity (Wildman–Crippen MR) is 114 cm³/mol. The SMILES string of the molecule is COc1ccc(-c2nc3nc4ccccc4n3c(-c3ccc(OC)cc3)c2F)cc1. The summed E-state index contributed by atoms with van der Waals surface area (Å²) in [7, 11) is 3.20. The third kappa shape index (κ3) is 2.85. The molecular formula is C24H18FN3O2. The van der Waals surface area contributed by atoms with Crippen LogP contribution in [0.15, 0.2) is 72.8 Å². The second-order valence-electron chi connectivity index (χ2n) is 6.82. The number of methoxy groups -OCH3 is 2. The maximum absolute atomic E-state index is 16.0. The Morgan fingerprint density at radius 3 is 1.97 bits per heavy atom. The number of ether oxygens (including phenoxy) is 2. The highest BCUT2D eigenvalue weighted by Gasteiger charge is 2.21. The molecule has 148 valence electrons. The summed E-state index contributed by atoms with van der Waals surface area (Å²) in [6.07, 6.45) is 0. The lowest BCUT2D eigenvalue weighted by Crippen LogP contribution is -2.03. The van der Waals surface area contributed by atoms with Gasteiger partial charge in [0.2, 0.25) is 5.78 Å². The van der Waals surface area contributed by atoms with Crippen LogP contribution in [0.4, 0.5) is 4.39 Å². The zero-order valence-corrected chi connectivity index (χ0v) is 16.5. The molecule has 0 fully saturated rings. The summed E-state index contributed by atoms with van der Waals surface area (Å²) in [6, 6.07) is 22.1. The van der Waals surface area contributed by atoms with Crippen LogP contribution in [0, 0.1) is 5.82 Å². The van der Waals surface area contributed by atoms with Crippen LogP contribution in [-0.4, -0.2) is 28.6 Å². The molecule has 0 aliphatic rings. The smallest absolute Gasteiger partial charge is 0.236 e. The molecular weight excluding hydrogens is 381 g/mol. The van der Waals surface area contributed by atoms with Crippen LogP contribution in [0.3, 0.4) is 0 Å². The Morgan fingerprint density at radius 1 is 0.733 bits per heavy atom. The molecule has 0 unspecified atom stereocenters. The van der Waals surface area contributed by atoms with Gasteiger partial charge >= 0.3 is 0 Å². The van der Waals surface area contributed by atoms with Crippen LogP contribution in [0.2, 0.25) is 0 Å². The second kappa shape index (κ2) is 7.15. The van der Waals surface area contributed by atoms with Crippen molar-refractivity contribution in [2.24, 2.45) is 0 Å². The number of benzene rings is 3. The fourth-order valence-electron chi connectivity index (χ4n) is 3.61. The van der Waals surface area contributed by atoms with Crippen molar-refractivity contribution in [1.82, 2.24) is 14.4 Å². The van der Waals surface area contributed by atoms with Gasteiger partial charge in [-0.15, -0.1) is 0 Å². The molecule has 0 aliphatic carbocycles. The molecule has 0 aliphatic heterocycles. The van der Waals surface area contributed by atoms with Crippen LogP contribution >= 0.6 is 0 Å². The largest absolute Gasteiger partial charge is 0.497 e. The number of fused-ring (bicyclic) bond motifs is 3. The molecule has 0 bridgehead atoms. The quantitative estimate of drug-likeness (QED) is 0.408. The van der Waals surface area contributed by atoms with Crippen LogP contribution in [0.25, 0.3) is 39.3 Å². The molecule has 5 nitrogen and oxygen atoms in total. The van der Waals surface area contributed by atoms with Crippen molar-refractivity contribution >= 4 is 16.8 Å². The Kier molecular flexibility index (Phi) is 4.32. The van der Waals surface area contributed by atoms with E-state index in [2.05, 4.69) is 9.97 Å². The standard InChI is InChI=1S/C24H18FN3O2/c1-29-17-11-7-15(8-12-17)22-21(25)23(16-9-13-18(30-2)14-10-16)28-20-6-4-3-5-19(20)26-24(28)27-22/h3-14H,1-2H3. The number of imidazole rings is 1. The van der Waals surface area contributed by atoms with Gasteiger partial charge in [0.15, 0.2) is 5.82 Å². The lowest BCUT2D eigenvalue weighted by molar-refractivity contribution is 0.415. The average Bonchev–Trinajstić information content (AvgIpc) is 3.17. The molecule has 0 radical (unpaired) electrons. The van der Waals surface area contributed by atoms with Crippen LogP contribution < -0.4 is 9.47 Å². The molecule has 0 amide bonds. The molecule has 0 spiro atoms. The molecule has 6 heteroatoms. The fraction of sp³-hybridized carbons (Fsp3) is 0.0833. The van der Waals surface area contributed by atoms with E-state index in [-0.39, 0.29) is 5.69 Å². The second-order valence-corrected chi connectivity index (χ2v) is 6.82. The normalized spacial score (nSPS) is 11.2. The summed E-state index contributed by atoms with van der Waals surface area (Å²) >= 11 is 0. The number of halogens is 1. The molecule has 5 aromatic rings. The van der Waals surface area contributed by atoms with Gasteiger partial charge in [0, 0.05) is 11.1 Å². The summed E-state index contributed by atoms with van der Waals surface area (Å²) in [6.45, 7) is 0. The van der Waals surface area contributed by atoms with E-state index in [1.54, 1.807) is 42.9 Å². The lowest BCUT2D eigenvalue weighted by Gasteiger charge is -2.13. The van der Waals surface area contributed by atoms with E-state index in [0.29, 0.717) is 34.1 Å². The molecule has 5 rings (SSSR count). The van der Waals surface area contributed by atoms with Gasteiger partial charge in [-0.2, -0.15) is 0 Å². The van der Waals surface area contributed by atoms with Crippen molar-refractivity contribution in [3.05, 3.63) is 78.6 Å². The Morgan fingerprint density at radius 2 is 1.33 bits per heavy atom. The minimum absolute atomic E-state index is 0.242. The summed E-state index contributed by atoms with van der Waals surface area (Å²) in [5.74, 6) is 1.42. The highest BCUT2D eigenvalue weighted by atomic mass is 19.1. The predicted octanol–water partition coefficient (Wildman–Crippen LogP) is 5.37. The fourth-order valence-corrected chi connectivity index (χ4v) is 3.61. The molecule has 0 saturated carbocycles. The van der Waals surface area contributed by atoms with Crippen molar-refractivity contribution in [1.29, 1.82) is 0 Å². The monoisotopic (exact) mass is 399 g/mol. The van der Waals surface area contributed by atoms with E-state index < -0.39 is 5.82 Å². The zero-order valence-electron chi connectivity index (χ0n) is 16.5. The number of hydrogen-bond donors (Lipinski definition) is 0. The molecule has 3 aromatic carbocycles. The molecule has 0 N–H and O–H groups in total. The van der Waals surface area contributed by atoms with Gasteiger partial charge in [0.05, 0.1) is 30.9 Å². The van der Waals surface area contributed by atoms with Crippen molar-refractivity contribution in [2.75, 3.05) is 14.2 Å². The van der Waals surface area contributed by atoms with Gasteiger partial charge in [-0.3, -0.25) is 4.40 Å². The van der Waals surface area contributed by atoms with Crippen LogP contribution in [0.1, 0.15) is 0 Å². The highest BCUT2D eigenvalue weighted by Crippen LogP contribution is 2.34. The summed E-state index contributed by atoms with van der Waals surface area (Å²) < 4.78 is 28.2. The van der Waals surface area contributed by atoms with E-state index in [9.17, 15) is 0 Å². The molecule has 2 aromatic heterocycles. The zero-order chi connectivity index (χ0) is 20.7. The first-order chi connectivity index (χ1) is 14.7. The average molecular weight is 399 g/mol. The Labute approximate surface area is 172 Å². The van der Waals surface area contributed by atoms with Crippen molar-refractivity contribution in [3.63, 3.8) is 0 Å². The molecule has 2 heterocycles. The van der Waals surface area contributed by atoms with Gasteiger partial charge in [-0.25, -0.2) is 14.4 Å². The van der Waals surface area contributed by atoms with E-state index in [4.69, 9.17) is 9.47 Å². The van der Waals surface area contributed by atoms with Crippen LogP contribution in [-0.2, 0) is 0 Å². The number of aromatic nitrogens is 3. The van der Waals surface area contributed by atoms with Gasteiger partial charge in [0.25, 0.3) is 0 Å². The molecule has 30 heavy (non-hydrogen) atoms. The number of rotatable bonds is 4. The Hall–Kier alpha value is -3.93. The maximum atomic E-state index is 16.0. The molecule has 0 atom stereocenters. The van der Waals surface area contributed by atoms with Crippen molar-refractivity contribution < 1.29 is 13.9 Å². The van der Waals surface area contributed by atoms with Gasteiger partial charge in [0.1, 0.15) is 17.2 Å². The number of hydrogen-bond acceptors (Lipinski definition) is 4. The number of nitrogens with zero attached hydrogens (tertiary/aromatic N) is 3. The Balaban J connectivity index is 1.84. The topological polar surface area (TPSA) is 48.7 Å². The van der Waals surface area contributed by atoms with E-state index in [0.717, 1.165) is 11.0 Å². The maximum Gasteiger partial charge on any atom is 0.236 e. The first-order valence-electron chi connectivity index (χ1n) is 9.45. The number of para-hydroxylation sites is 2. The van der Waals surface area contributed by atoms with Crippen molar-refractivity contribution in [2.45, 2.75) is 0 Å². The van der Waals surface area contributed by atoms with E-state index >= 15 is 4.39 Å². The first kappa shape index (κ1) is 18.1.